The fraction of sp³-hybridized carbons (Fsp3) is 0.778. The largest absolute Gasteiger partial charge is 0.385 e. The minimum atomic E-state index is 0.0815. The summed E-state index contributed by atoms with van der Waals surface area (Å²) in [5, 5.41) is 0. The predicted octanol–water partition coefficient (Wildman–Crippen LogP) is 3.05. The highest BCUT2D eigenvalue weighted by molar-refractivity contribution is 5.82. The molecule has 4 nitrogen and oxygen atoms in total. The number of aryl methyl sites for hydroxylation is 1. The second kappa shape index (κ2) is 5.80. The van der Waals surface area contributed by atoms with Gasteiger partial charge in [0.1, 0.15) is 11.6 Å². The lowest BCUT2D eigenvalue weighted by atomic mass is 9.57. The monoisotopic (exact) mass is 304 g/mol. The molecule has 3 atom stereocenters. The Kier molecular flexibility index (Phi) is 4.15. The number of rotatable bonds is 4. The number of nitrogens with zero attached hydrogens (tertiary/aromatic N) is 2. The van der Waals surface area contributed by atoms with Gasteiger partial charge in [-0.05, 0) is 38.5 Å². The summed E-state index contributed by atoms with van der Waals surface area (Å²) in [6, 6.07) is 0. The van der Waals surface area contributed by atoms with Gasteiger partial charge in [-0.15, -0.1) is 0 Å². The van der Waals surface area contributed by atoms with Gasteiger partial charge >= 0.3 is 0 Å². The van der Waals surface area contributed by atoms with E-state index < -0.39 is 0 Å². The molecule has 1 aromatic heterocycles. The number of hydrogen-bond donors (Lipinski definition) is 0. The van der Waals surface area contributed by atoms with Gasteiger partial charge in [0, 0.05) is 43.7 Å². The van der Waals surface area contributed by atoms with Gasteiger partial charge in [0.05, 0.1) is 5.69 Å². The van der Waals surface area contributed by atoms with Crippen LogP contribution in [0, 0.1) is 18.8 Å². The lowest BCUT2D eigenvalue weighted by Gasteiger charge is -2.46. The molecule has 1 fully saturated rings. The van der Waals surface area contributed by atoms with E-state index in [0.29, 0.717) is 18.1 Å². The molecule has 0 saturated heterocycles. The number of hydrogen-bond acceptors (Lipinski definition) is 3. The number of methoxy groups -OCH3 is 1. The van der Waals surface area contributed by atoms with Gasteiger partial charge in [-0.2, -0.15) is 0 Å². The first kappa shape index (κ1) is 15.7. The molecule has 3 rings (SSSR count). The van der Waals surface area contributed by atoms with Crippen LogP contribution in [0.15, 0.2) is 0 Å². The molecule has 122 valence electrons. The molecule has 22 heavy (non-hydrogen) atoms. The SMILES string of the molecule is COCCCn1c(C)nc2c1CC[C@H]1[C@H](C)C(=O)CC[C@]21C. The number of ketones is 1. The predicted molar refractivity (Wildman–Crippen MR) is 86.0 cm³/mol. The number of fused-ring (bicyclic) bond motifs is 3. The van der Waals surface area contributed by atoms with Crippen molar-refractivity contribution < 1.29 is 9.53 Å². The van der Waals surface area contributed by atoms with E-state index in [1.807, 2.05) is 0 Å². The summed E-state index contributed by atoms with van der Waals surface area (Å²) < 4.78 is 7.57. The van der Waals surface area contributed by atoms with E-state index in [1.54, 1.807) is 7.11 Å². The highest BCUT2D eigenvalue weighted by Crippen LogP contribution is 2.50. The van der Waals surface area contributed by atoms with Gasteiger partial charge < -0.3 is 9.30 Å². The summed E-state index contributed by atoms with van der Waals surface area (Å²) >= 11 is 0. The molecule has 1 aromatic rings. The minimum absolute atomic E-state index is 0.0815. The average molecular weight is 304 g/mol. The number of imidazole rings is 1. The summed E-state index contributed by atoms with van der Waals surface area (Å²) in [4.78, 5) is 17.1. The zero-order valence-electron chi connectivity index (χ0n) is 14.3. The summed E-state index contributed by atoms with van der Waals surface area (Å²) in [5.41, 5.74) is 2.77. The third kappa shape index (κ3) is 2.32. The van der Waals surface area contributed by atoms with Crippen LogP contribution < -0.4 is 0 Å². The Morgan fingerprint density at radius 3 is 2.91 bits per heavy atom. The van der Waals surface area contributed by atoms with Crippen LogP contribution in [0.4, 0.5) is 0 Å². The highest BCUT2D eigenvalue weighted by Gasteiger charge is 2.49. The van der Waals surface area contributed by atoms with E-state index in [1.165, 1.54) is 11.4 Å². The van der Waals surface area contributed by atoms with Crippen LogP contribution in [-0.2, 0) is 27.9 Å². The topological polar surface area (TPSA) is 44.1 Å². The molecule has 0 unspecified atom stereocenters. The van der Waals surface area contributed by atoms with Crippen molar-refractivity contribution >= 4 is 5.78 Å². The van der Waals surface area contributed by atoms with Crippen LogP contribution in [0.25, 0.3) is 0 Å². The van der Waals surface area contributed by atoms with Crippen LogP contribution in [0.2, 0.25) is 0 Å². The molecule has 0 spiro atoms. The van der Waals surface area contributed by atoms with Crippen LogP contribution in [-0.4, -0.2) is 29.1 Å². The summed E-state index contributed by atoms with van der Waals surface area (Å²) in [6.45, 7) is 8.35. The van der Waals surface area contributed by atoms with Gasteiger partial charge in [0.25, 0.3) is 0 Å². The Bertz CT molecular complexity index is 578. The van der Waals surface area contributed by atoms with E-state index in [2.05, 4.69) is 25.3 Å². The molecule has 0 aromatic carbocycles. The molecule has 0 N–H and O–H groups in total. The molecular formula is C18H28N2O2. The molecule has 0 aliphatic heterocycles. The first-order valence-corrected chi connectivity index (χ1v) is 8.57. The second-order valence-electron chi connectivity index (χ2n) is 7.27. The van der Waals surface area contributed by atoms with E-state index in [-0.39, 0.29) is 11.3 Å². The van der Waals surface area contributed by atoms with E-state index >= 15 is 0 Å². The van der Waals surface area contributed by atoms with Crippen molar-refractivity contribution in [2.24, 2.45) is 11.8 Å². The summed E-state index contributed by atoms with van der Waals surface area (Å²) in [7, 11) is 1.75. The molecule has 1 heterocycles. The van der Waals surface area contributed by atoms with Gasteiger partial charge in [-0.25, -0.2) is 4.98 Å². The van der Waals surface area contributed by atoms with Crippen LogP contribution in [0.5, 0.6) is 0 Å². The van der Waals surface area contributed by atoms with Crippen molar-refractivity contribution in [3.8, 4) is 0 Å². The summed E-state index contributed by atoms with van der Waals surface area (Å²) in [6.07, 6.45) is 4.87. The Morgan fingerprint density at radius 1 is 1.41 bits per heavy atom. The third-order valence-corrected chi connectivity index (χ3v) is 6.05. The minimum Gasteiger partial charge on any atom is -0.385 e. The fourth-order valence-corrected chi connectivity index (χ4v) is 4.71. The Morgan fingerprint density at radius 2 is 2.18 bits per heavy atom. The maximum Gasteiger partial charge on any atom is 0.136 e. The average Bonchev–Trinajstić information content (AvgIpc) is 2.82. The fourth-order valence-electron chi connectivity index (χ4n) is 4.71. The van der Waals surface area contributed by atoms with Gasteiger partial charge in [0.15, 0.2) is 0 Å². The van der Waals surface area contributed by atoms with Crippen LogP contribution in [0.1, 0.15) is 56.7 Å². The third-order valence-electron chi connectivity index (χ3n) is 6.05. The van der Waals surface area contributed by atoms with Crippen molar-refractivity contribution in [1.29, 1.82) is 0 Å². The van der Waals surface area contributed by atoms with Gasteiger partial charge in [-0.3, -0.25) is 4.79 Å². The number of ether oxygens (including phenoxy) is 1. The van der Waals surface area contributed by atoms with E-state index in [4.69, 9.17) is 9.72 Å². The lowest BCUT2D eigenvalue weighted by molar-refractivity contribution is -0.128. The molecule has 0 radical (unpaired) electrons. The molecule has 0 amide bonds. The Labute approximate surface area is 133 Å². The first-order chi connectivity index (χ1) is 10.5. The van der Waals surface area contributed by atoms with Gasteiger partial charge in [-0.1, -0.05) is 13.8 Å². The maximum absolute atomic E-state index is 12.1. The van der Waals surface area contributed by atoms with Crippen molar-refractivity contribution in [3.63, 3.8) is 0 Å². The number of aromatic nitrogens is 2. The van der Waals surface area contributed by atoms with Gasteiger partial charge in [0.2, 0.25) is 0 Å². The zero-order chi connectivity index (χ0) is 15.9. The zero-order valence-corrected chi connectivity index (χ0v) is 14.3. The normalized spacial score (nSPS) is 31.0. The second-order valence-corrected chi connectivity index (χ2v) is 7.27. The number of carbonyl (C=O) groups is 1. The molecule has 0 bridgehead atoms. The molecule has 1 saturated carbocycles. The highest BCUT2D eigenvalue weighted by atomic mass is 16.5. The number of Topliss-reactive ketones (excluding diaryl/α,β-unsaturated/α-hetero) is 1. The Hall–Kier alpha value is -1.16. The molecular weight excluding hydrogens is 276 g/mol. The summed E-state index contributed by atoms with van der Waals surface area (Å²) in [5.74, 6) is 2.21. The lowest BCUT2D eigenvalue weighted by Crippen LogP contribution is -2.47. The Balaban J connectivity index is 1.94. The van der Waals surface area contributed by atoms with E-state index in [0.717, 1.165) is 44.7 Å². The first-order valence-electron chi connectivity index (χ1n) is 8.57. The smallest absolute Gasteiger partial charge is 0.136 e. The van der Waals surface area contributed by atoms with Crippen LogP contribution >= 0.6 is 0 Å². The maximum atomic E-state index is 12.1. The number of carbonyl (C=O) groups excluding carboxylic acids is 1. The van der Waals surface area contributed by atoms with E-state index in [9.17, 15) is 4.79 Å². The molecule has 2 aliphatic rings. The van der Waals surface area contributed by atoms with Crippen LogP contribution in [0.3, 0.4) is 0 Å². The molecule has 2 aliphatic carbocycles. The van der Waals surface area contributed by atoms with Crippen molar-refractivity contribution in [2.75, 3.05) is 13.7 Å². The quantitative estimate of drug-likeness (QED) is 0.803. The van der Waals surface area contributed by atoms with Crippen molar-refractivity contribution in [1.82, 2.24) is 9.55 Å². The van der Waals surface area contributed by atoms with Crippen molar-refractivity contribution in [3.05, 3.63) is 17.2 Å². The van der Waals surface area contributed by atoms with Crippen molar-refractivity contribution in [2.45, 2.75) is 64.8 Å². The standard InChI is InChI=1S/C18H28N2O2/c1-12-14-6-7-15-17(18(14,3)9-8-16(12)21)19-13(2)20(15)10-5-11-22-4/h12,14H,5-11H2,1-4H3/t12-,14-,18-/m0/s1. The molecule has 4 heteroatoms.